The van der Waals surface area contributed by atoms with Crippen molar-refractivity contribution in [2.24, 2.45) is 5.41 Å². The van der Waals surface area contributed by atoms with E-state index in [-0.39, 0.29) is 23.1 Å². The second-order valence-corrected chi connectivity index (χ2v) is 6.15. The van der Waals surface area contributed by atoms with Crippen LogP contribution >= 0.6 is 0 Å². The van der Waals surface area contributed by atoms with Crippen molar-refractivity contribution in [2.45, 2.75) is 47.1 Å². The summed E-state index contributed by atoms with van der Waals surface area (Å²) in [6, 6.07) is 4.56. The average molecular weight is 280 g/mol. The van der Waals surface area contributed by atoms with Crippen molar-refractivity contribution < 1.29 is 9.18 Å². The van der Waals surface area contributed by atoms with E-state index in [0.29, 0.717) is 12.1 Å². The minimum Gasteiger partial charge on any atom is -0.382 e. The van der Waals surface area contributed by atoms with Gasteiger partial charge in [-0.25, -0.2) is 4.39 Å². The normalized spacial score (nSPS) is 12.9. The van der Waals surface area contributed by atoms with Gasteiger partial charge in [-0.3, -0.25) is 4.79 Å². The predicted octanol–water partition coefficient (Wildman–Crippen LogP) is 3.81. The highest BCUT2D eigenvalue weighted by atomic mass is 19.1. The fourth-order valence-electron chi connectivity index (χ4n) is 1.63. The van der Waals surface area contributed by atoms with Crippen LogP contribution < -0.4 is 10.6 Å². The van der Waals surface area contributed by atoms with Crippen molar-refractivity contribution in [1.29, 1.82) is 0 Å². The van der Waals surface area contributed by atoms with Crippen molar-refractivity contribution in [3.8, 4) is 0 Å². The summed E-state index contributed by atoms with van der Waals surface area (Å²) >= 11 is 0. The molecule has 0 aliphatic rings. The third-order valence-electron chi connectivity index (χ3n) is 3.46. The summed E-state index contributed by atoms with van der Waals surface area (Å²) in [6.07, 6.45) is 0.869. The van der Waals surface area contributed by atoms with E-state index in [2.05, 4.69) is 31.4 Å². The van der Waals surface area contributed by atoms with E-state index in [1.165, 1.54) is 6.07 Å². The van der Waals surface area contributed by atoms with E-state index in [0.717, 1.165) is 6.42 Å². The highest BCUT2D eigenvalue weighted by molar-refractivity contribution is 5.99. The van der Waals surface area contributed by atoms with E-state index in [1.54, 1.807) is 12.1 Å². The topological polar surface area (TPSA) is 41.1 Å². The molecule has 0 saturated carbocycles. The van der Waals surface area contributed by atoms with Gasteiger partial charge in [-0.05, 0) is 30.9 Å². The zero-order chi connectivity index (χ0) is 15.3. The molecule has 1 atom stereocenters. The van der Waals surface area contributed by atoms with Crippen LogP contribution in [0.1, 0.15) is 51.4 Å². The minimum absolute atomic E-state index is 0.00251. The van der Waals surface area contributed by atoms with Crippen LogP contribution in [0.2, 0.25) is 0 Å². The first kappa shape index (κ1) is 16.5. The number of hydrogen-bond acceptors (Lipinski definition) is 2. The third-order valence-corrected chi connectivity index (χ3v) is 3.46. The molecule has 3 nitrogen and oxygen atoms in total. The monoisotopic (exact) mass is 280 g/mol. The SMILES string of the molecule is CCCNc1c(F)cccc1C(=O)NC(C)C(C)(C)C. The van der Waals surface area contributed by atoms with E-state index in [9.17, 15) is 9.18 Å². The van der Waals surface area contributed by atoms with Crippen molar-refractivity contribution >= 4 is 11.6 Å². The Morgan fingerprint density at radius 3 is 2.55 bits per heavy atom. The zero-order valence-electron chi connectivity index (χ0n) is 13.0. The second-order valence-electron chi connectivity index (χ2n) is 6.15. The molecule has 2 N–H and O–H groups in total. The van der Waals surface area contributed by atoms with Gasteiger partial charge in [0.15, 0.2) is 0 Å². The van der Waals surface area contributed by atoms with Gasteiger partial charge in [-0.2, -0.15) is 0 Å². The Kier molecular flexibility index (Phi) is 5.54. The van der Waals surface area contributed by atoms with Crippen LogP contribution in [0.5, 0.6) is 0 Å². The van der Waals surface area contributed by atoms with Crippen molar-refractivity contribution in [2.75, 3.05) is 11.9 Å². The molecule has 0 saturated heterocycles. The van der Waals surface area contributed by atoms with Crippen LogP contribution in [-0.2, 0) is 0 Å². The Hall–Kier alpha value is -1.58. The average Bonchev–Trinajstić information content (AvgIpc) is 2.35. The molecule has 0 aromatic heterocycles. The van der Waals surface area contributed by atoms with E-state index >= 15 is 0 Å². The lowest BCUT2D eigenvalue weighted by Gasteiger charge is -2.28. The summed E-state index contributed by atoms with van der Waals surface area (Å²) in [5.74, 6) is -0.639. The predicted molar refractivity (Wildman–Crippen MR) is 81.6 cm³/mol. The summed E-state index contributed by atoms with van der Waals surface area (Å²) in [6.45, 7) is 10.8. The Balaban J connectivity index is 2.95. The van der Waals surface area contributed by atoms with Gasteiger partial charge in [-0.1, -0.05) is 33.8 Å². The van der Waals surface area contributed by atoms with Gasteiger partial charge in [0.05, 0.1) is 11.3 Å². The molecule has 1 aromatic carbocycles. The van der Waals surface area contributed by atoms with Gasteiger partial charge in [0.25, 0.3) is 5.91 Å². The standard InChI is InChI=1S/C16H25FN2O/c1-6-10-18-14-12(8-7-9-13(14)17)15(20)19-11(2)16(3,4)5/h7-9,11,18H,6,10H2,1-5H3,(H,19,20). The first-order valence-corrected chi connectivity index (χ1v) is 7.10. The van der Waals surface area contributed by atoms with Crippen LogP contribution in [0.3, 0.4) is 0 Å². The third kappa shape index (κ3) is 4.22. The van der Waals surface area contributed by atoms with E-state index in [4.69, 9.17) is 0 Å². The summed E-state index contributed by atoms with van der Waals surface area (Å²) in [7, 11) is 0. The number of halogens is 1. The lowest BCUT2D eigenvalue weighted by Crippen LogP contribution is -2.41. The highest BCUT2D eigenvalue weighted by Gasteiger charge is 2.23. The van der Waals surface area contributed by atoms with Gasteiger partial charge < -0.3 is 10.6 Å². The molecule has 1 amide bonds. The van der Waals surface area contributed by atoms with Crippen LogP contribution in [0.4, 0.5) is 10.1 Å². The number of benzene rings is 1. The summed E-state index contributed by atoms with van der Waals surface area (Å²) in [5, 5.41) is 5.92. The summed E-state index contributed by atoms with van der Waals surface area (Å²) < 4.78 is 13.9. The largest absolute Gasteiger partial charge is 0.382 e. The minimum atomic E-state index is -0.394. The summed E-state index contributed by atoms with van der Waals surface area (Å²) in [4.78, 5) is 12.3. The van der Waals surface area contributed by atoms with E-state index in [1.807, 2.05) is 13.8 Å². The molecule has 20 heavy (non-hydrogen) atoms. The van der Waals surface area contributed by atoms with Crippen molar-refractivity contribution in [3.05, 3.63) is 29.6 Å². The highest BCUT2D eigenvalue weighted by Crippen LogP contribution is 2.22. The fraction of sp³-hybridized carbons (Fsp3) is 0.562. The van der Waals surface area contributed by atoms with Crippen LogP contribution in [0.15, 0.2) is 18.2 Å². The van der Waals surface area contributed by atoms with Crippen molar-refractivity contribution in [1.82, 2.24) is 5.32 Å². The van der Waals surface area contributed by atoms with Gasteiger partial charge >= 0.3 is 0 Å². The molecule has 0 fully saturated rings. The smallest absolute Gasteiger partial charge is 0.253 e. The lowest BCUT2D eigenvalue weighted by atomic mass is 9.88. The molecule has 4 heteroatoms. The maximum Gasteiger partial charge on any atom is 0.253 e. The number of amides is 1. The Morgan fingerprint density at radius 1 is 1.35 bits per heavy atom. The number of carbonyl (C=O) groups excluding carboxylic acids is 1. The molecule has 1 aromatic rings. The molecule has 0 radical (unpaired) electrons. The lowest BCUT2D eigenvalue weighted by molar-refractivity contribution is 0.0910. The van der Waals surface area contributed by atoms with Crippen LogP contribution in [-0.4, -0.2) is 18.5 Å². The quantitative estimate of drug-likeness (QED) is 0.861. The Labute approximate surface area is 121 Å². The number of nitrogens with one attached hydrogen (secondary N) is 2. The molecular formula is C16H25FN2O. The van der Waals surface area contributed by atoms with Gasteiger partial charge in [0.1, 0.15) is 5.82 Å². The Bertz CT molecular complexity index is 466. The molecule has 0 aliphatic carbocycles. The van der Waals surface area contributed by atoms with Gasteiger partial charge in [0, 0.05) is 12.6 Å². The first-order chi connectivity index (χ1) is 9.27. The van der Waals surface area contributed by atoms with Crippen molar-refractivity contribution in [3.63, 3.8) is 0 Å². The number of anilines is 1. The maximum absolute atomic E-state index is 13.9. The summed E-state index contributed by atoms with van der Waals surface area (Å²) in [5.41, 5.74) is 0.600. The van der Waals surface area contributed by atoms with Gasteiger partial charge in [0.2, 0.25) is 0 Å². The molecule has 1 rings (SSSR count). The number of rotatable bonds is 5. The molecule has 0 bridgehead atoms. The number of para-hydroxylation sites is 1. The van der Waals surface area contributed by atoms with Crippen LogP contribution in [0, 0.1) is 11.2 Å². The van der Waals surface area contributed by atoms with Gasteiger partial charge in [-0.15, -0.1) is 0 Å². The number of carbonyl (C=O) groups is 1. The van der Waals surface area contributed by atoms with Crippen LogP contribution in [0.25, 0.3) is 0 Å². The second kappa shape index (κ2) is 6.73. The molecule has 0 heterocycles. The van der Waals surface area contributed by atoms with E-state index < -0.39 is 5.82 Å². The zero-order valence-corrected chi connectivity index (χ0v) is 13.0. The molecular weight excluding hydrogens is 255 g/mol. The molecule has 0 spiro atoms. The molecule has 1 unspecified atom stereocenters. The Morgan fingerprint density at radius 2 is 2.00 bits per heavy atom. The fourth-order valence-corrected chi connectivity index (χ4v) is 1.63. The maximum atomic E-state index is 13.9. The molecule has 112 valence electrons. The number of hydrogen-bond donors (Lipinski definition) is 2. The molecule has 0 aliphatic heterocycles. The first-order valence-electron chi connectivity index (χ1n) is 7.10.